The SMILES string of the molecule is O=S(=O)(c1cccc(F)c1)N(CCCCl)C1CCC1. The molecule has 0 bridgehead atoms. The molecule has 0 N–H and O–H groups in total. The van der Waals surface area contributed by atoms with Crippen molar-refractivity contribution in [1.29, 1.82) is 0 Å². The van der Waals surface area contributed by atoms with E-state index in [1.54, 1.807) is 0 Å². The lowest BCUT2D eigenvalue weighted by molar-refractivity contribution is 0.220. The summed E-state index contributed by atoms with van der Waals surface area (Å²) in [5, 5.41) is 0. The standard InChI is InChI=1S/C13H17ClFNO2S/c14-8-3-9-16(12-5-2-6-12)19(17,18)13-7-1-4-11(15)10-13/h1,4,7,10,12H,2-3,5-6,8-9H2. The summed E-state index contributed by atoms with van der Waals surface area (Å²) in [6, 6.07) is 5.21. The molecule has 1 fully saturated rings. The molecule has 6 heteroatoms. The van der Waals surface area contributed by atoms with E-state index in [9.17, 15) is 12.8 Å². The number of sulfonamides is 1. The maximum Gasteiger partial charge on any atom is 0.243 e. The quantitative estimate of drug-likeness (QED) is 0.758. The molecule has 0 saturated heterocycles. The molecule has 0 amide bonds. The van der Waals surface area contributed by atoms with Crippen molar-refractivity contribution in [3.63, 3.8) is 0 Å². The highest BCUT2D eigenvalue weighted by Gasteiger charge is 2.34. The molecule has 3 nitrogen and oxygen atoms in total. The summed E-state index contributed by atoms with van der Waals surface area (Å²) in [7, 11) is -3.62. The van der Waals surface area contributed by atoms with E-state index in [0.717, 1.165) is 25.3 Å². The van der Waals surface area contributed by atoms with Crippen molar-refractivity contribution in [3.8, 4) is 0 Å². The fourth-order valence-electron chi connectivity index (χ4n) is 2.15. The predicted molar refractivity (Wildman–Crippen MR) is 73.3 cm³/mol. The molecule has 1 aliphatic carbocycles. The first-order valence-corrected chi connectivity index (χ1v) is 8.36. The van der Waals surface area contributed by atoms with E-state index in [1.807, 2.05) is 0 Å². The largest absolute Gasteiger partial charge is 0.243 e. The lowest BCUT2D eigenvalue weighted by atomic mass is 9.93. The number of benzene rings is 1. The maximum atomic E-state index is 13.2. The third kappa shape index (κ3) is 3.27. The van der Waals surface area contributed by atoms with Crippen LogP contribution in [0.15, 0.2) is 29.2 Å². The molecule has 0 spiro atoms. The van der Waals surface area contributed by atoms with Gasteiger partial charge in [-0.1, -0.05) is 12.5 Å². The van der Waals surface area contributed by atoms with Gasteiger partial charge >= 0.3 is 0 Å². The number of halogens is 2. The van der Waals surface area contributed by atoms with Gasteiger partial charge in [0, 0.05) is 18.5 Å². The number of rotatable bonds is 6. The minimum Gasteiger partial charge on any atom is -0.207 e. The second-order valence-corrected chi connectivity index (χ2v) is 6.97. The molecular weight excluding hydrogens is 289 g/mol. The van der Waals surface area contributed by atoms with Gasteiger partial charge in [0.05, 0.1) is 4.90 Å². The Labute approximate surface area is 118 Å². The van der Waals surface area contributed by atoms with Crippen LogP contribution >= 0.6 is 11.6 Å². The van der Waals surface area contributed by atoms with Crippen molar-refractivity contribution < 1.29 is 12.8 Å². The Morgan fingerprint density at radius 1 is 1.37 bits per heavy atom. The Bertz CT molecular complexity index is 531. The third-order valence-electron chi connectivity index (χ3n) is 3.40. The number of nitrogens with zero attached hydrogens (tertiary/aromatic N) is 1. The molecule has 1 aliphatic rings. The molecule has 0 atom stereocenters. The lowest BCUT2D eigenvalue weighted by Gasteiger charge is -2.36. The molecule has 2 rings (SSSR count). The van der Waals surface area contributed by atoms with Gasteiger partial charge in [0.15, 0.2) is 0 Å². The molecule has 19 heavy (non-hydrogen) atoms. The van der Waals surface area contributed by atoms with Gasteiger partial charge in [-0.3, -0.25) is 0 Å². The minimum atomic E-state index is -3.62. The van der Waals surface area contributed by atoms with E-state index >= 15 is 0 Å². The second-order valence-electron chi connectivity index (χ2n) is 4.70. The molecule has 0 aromatic heterocycles. The van der Waals surface area contributed by atoms with Crippen molar-refractivity contribution in [3.05, 3.63) is 30.1 Å². The van der Waals surface area contributed by atoms with Crippen LogP contribution in [0.4, 0.5) is 4.39 Å². The molecule has 0 unspecified atom stereocenters. The lowest BCUT2D eigenvalue weighted by Crippen LogP contribution is -2.44. The smallest absolute Gasteiger partial charge is 0.207 e. The molecule has 1 aromatic carbocycles. The van der Waals surface area contributed by atoms with Gasteiger partial charge in [-0.25, -0.2) is 12.8 Å². The van der Waals surface area contributed by atoms with Gasteiger partial charge in [-0.05, 0) is 37.5 Å². The highest BCUT2D eigenvalue weighted by Crippen LogP contribution is 2.30. The molecule has 1 aromatic rings. The number of alkyl halides is 1. The normalized spacial score (nSPS) is 16.6. The highest BCUT2D eigenvalue weighted by atomic mass is 35.5. The molecular formula is C13H17ClFNO2S. The predicted octanol–water partition coefficient (Wildman–Crippen LogP) is 3.00. The van der Waals surface area contributed by atoms with E-state index < -0.39 is 15.8 Å². The fraction of sp³-hybridized carbons (Fsp3) is 0.538. The van der Waals surface area contributed by atoms with Crippen molar-refractivity contribution in [2.75, 3.05) is 12.4 Å². The molecule has 106 valence electrons. The summed E-state index contributed by atoms with van der Waals surface area (Å²) < 4.78 is 39.8. The zero-order chi connectivity index (χ0) is 13.9. The monoisotopic (exact) mass is 305 g/mol. The van der Waals surface area contributed by atoms with E-state index in [-0.39, 0.29) is 10.9 Å². The van der Waals surface area contributed by atoms with Crippen molar-refractivity contribution in [2.24, 2.45) is 0 Å². The van der Waals surface area contributed by atoms with Crippen molar-refractivity contribution >= 4 is 21.6 Å². The summed E-state index contributed by atoms with van der Waals surface area (Å²) in [6.07, 6.45) is 3.39. The Morgan fingerprint density at radius 2 is 2.11 bits per heavy atom. The van der Waals surface area contributed by atoms with E-state index in [1.165, 1.54) is 22.5 Å². The Balaban J connectivity index is 2.27. The first-order valence-electron chi connectivity index (χ1n) is 6.39. The molecule has 0 radical (unpaired) electrons. The molecule has 0 heterocycles. The minimum absolute atomic E-state index is 0.0222. The van der Waals surface area contributed by atoms with Crippen molar-refractivity contribution in [2.45, 2.75) is 36.6 Å². The van der Waals surface area contributed by atoms with Crippen LogP contribution in [-0.4, -0.2) is 31.2 Å². The van der Waals surface area contributed by atoms with Crippen LogP contribution in [0, 0.1) is 5.82 Å². The van der Waals surface area contributed by atoms with Gasteiger partial charge in [0.1, 0.15) is 5.82 Å². The maximum absolute atomic E-state index is 13.2. The van der Waals surface area contributed by atoms with Crippen LogP contribution in [0.3, 0.4) is 0 Å². The fourth-order valence-corrected chi connectivity index (χ4v) is 4.03. The highest BCUT2D eigenvalue weighted by molar-refractivity contribution is 7.89. The summed E-state index contributed by atoms with van der Waals surface area (Å²) in [4.78, 5) is 0.0222. The van der Waals surface area contributed by atoms with E-state index in [2.05, 4.69) is 0 Å². The van der Waals surface area contributed by atoms with E-state index in [0.29, 0.717) is 18.8 Å². The summed E-state index contributed by atoms with van der Waals surface area (Å²) in [6.45, 7) is 0.396. The third-order valence-corrected chi connectivity index (χ3v) is 5.61. The van der Waals surface area contributed by atoms with Crippen LogP contribution in [0.2, 0.25) is 0 Å². The van der Waals surface area contributed by atoms with Crippen LogP contribution in [0.1, 0.15) is 25.7 Å². The van der Waals surface area contributed by atoms with Crippen LogP contribution in [0.5, 0.6) is 0 Å². The average molecular weight is 306 g/mol. The van der Waals surface area contributed by atoms with Gasteiger partial charge in [-0.2, -0.15) is 4.31 Å². The van der Waals surface area contributed by atoms with Crippen LogP contribution < -0.4 is 0 Å². The zero-order valence-corrected chi connectivity index (χ0v) is 12.1. The van der Waals surface area contributed by atoms with Crippen LogP contribution in [-0.2, 0) is 10.0 Å². The van der Waals surface area contributed by atoms with Crippen molar-refractivity contribution in [1.82, 2.24) is 4.31 Å². The first-order chi connectivity index (χ1) is 9.05. The summed E-state index contributed by atoms with van der Waals surface area (Å²) >= 11 is 5.65. The topological polar surface area (TPSA) is 37.4 Å². The zero-order valence-electron chi connectivity index (χ0n) is 10.6. The van der Waals surface area contributed by atoms with Gasteiger partial charge in [0.25, 0.3) is 0 Å². The van der Waals surface area contributed by atoms with E-state index in [4.69, 9.17) is 11.6 Å². The van der Waals surface area contributed by atoms with Crippen LogP contribution in [0.25, 0.3) is 0 Å². The van der Waals surface area contributed by atoms with Gasteiger partial charge in [-0.15, -0.1) is 11.6 Å². The van der Waals surface area contributed by atoms with Gasteiger partial charge in [0.2, 0.25) is 10.0 Å². The number of hydrogen-bond donors (Lipinski definition) is 0. The Hall–Kier alpha value is -0.650. The summed E-state index contributed by atoms with van der Waals surface area (Å²) in [5.74, 6) is -0.117. The molecule has 1 saturated carbocycles. The number of hydrogen-bond acceptors (Lipinski definition) is 2. The first kappa shape index (κ1) is 14.8. The van der Waals surface area contributed by atoms with Gasteiger partial charge < -0.3 is 0 Å². The Morgan fingerprint density at radius 3 is 2.63 bits per heavy atom. The Kier molecular flexibility index (Phi) is 4.81. The summed E-state index contributed by atoms with van der Waals surface area (Å²) in [5.41, 5.74) is 0. The average Bonchev–Trinajstić information content (AvgIpc) is 2.31. The second kappa shape index (κ2) is 6.20. The molecule has 0 aliphatic heterocycles.